The van der Waals surface area contributed by atoms with E-state index >= 15 is 0 Å². The van der Waals surface area contributed by atoms with Crippen LogP contribution < -0.4 is 15.5 Å². The second-order valence-electron chi connectivity index (χ2n) is 6.53. The van der Waals surface area contributed by atoms with Gasteiger partial charge in [0.25, 0.3) is 0 Å². The summed E-state index contributed by atoms with van der Waals surface area (Å²) in [6.07, 6.45) is 0. The molecule has 1 aromatic heterocycles. The maximum Gasteiger partial charge on any atom is 0.136 e. The molecule has 1 saturated heterocycles. The summed E-state index contributed by atoms with van der Waals surface area (Å²) in [5.74, 6) is 2.08. The van der Waals surface area contributed by atoms with Gasteiger partial charge in [0, 0.05) is 19.2 Å². The molecule has 1 aliphatic heterocycles. The van der Waals surface area contributed by atoms with E-state index in [1.165, 1.54) is 0 Å². The molecule has 0 unspecified atom stereocenters. The van der Waals surface area contributed by atoms with Crippen molar-refractivity contribution < 1.29 is 4.74 Å². The monoisotopic (exact) mass is 395 g/mol. The quantitative estimate of drug-likeness (QED) is 0.649. The largest absolute Gasteiger partial charge is 0.378 e. The predicted octanol–water partition coefficient (Wildman–Crippen LogP) is 4.76. The first-order valence-corrected chi connectivity index (χ1v) is 9.63. The number of hydrogen-bond donors (Lipinski definition) is 2. The summed E-state index contributed by atoms with van der Waals surface area (Å²) in [5.41, 5.74) is 2.95. The molecular formula is C21H22ClN5O. The Morgan fingerprint density at radius 2 is 1.50 bits per heavy atom. The maximum atomic E-state index is 6.25. The zero-order valence-corrected chi connectivity index (χ0v) is 16.4. The lowest BCUT2D eigenvalue weighted by molar-refractivity contribution is 0.123. The van der Waals surface area contributed by atoms with Crippen LogP contribution in [0, 0.1) is 6.92 Å². The fraction of sp³-hybridized carbons (Fsp3) is 0.238. The van der Waals surface area contributed by atoms with Crippen molar-refractivity contribution in [3.8, 4) is 0 Å². The van der Waals surface area contributed by atoms with Crippen LogP contribution in [0.4, 0.5) is 28.7 Å². The zero-order valence-electron chi connectivity index (χ0n) is 15.7. The number of nitrogens with one attached hydrogen (secondary N) is 2. The van der Waals surface area contributed by atoms with Crippen molar-refractivity contribution in [3.63, 3.8) is 0 Å². The van der Waals surface area contributed by atoms with Gasteiger partial charge in [-0.2, -0.15) is 0 Å². The fourth-order valence-corrected chi connectivity index (χ4v) is 3.38. The SMILES string of the molecule is Cc1nc(Nc2ccccc2Cl)cc(Nc2ccccc2N2CCOCC2)n1. The standard InChI is InChI=1S/C21H22ClN5O/c1-15-23-20(25-17-7-3-2-6-16(17)22)14-21(24-15)26-18-8-4-5-9-19(18)27-10-12-28-13-11-27/h2-9,14H,10-13H2,1H3,(H2,23,24,25,26). The Balaban J connectivity index is 1.59. The molecule has 2 aromatic carbocycles. The number of rotatable bonds is 5. The number of anilines is 5. The van der Waals surface area contributed by atoms with E-state index in [4.69, 9.17) is 16.3 Å². The molecule has 2 N–H and O–H groups in total. The first kappa shape index (κ1) is 18.5. The Labute approximate surface area is 169 Å². The van der Waals surface area contributed by atoms with Crippen LogP contribution in [0.2, 0.25) is 5.02 Å². The number of aromatic nitrogens is 2. The average Bonchev–Trinajstić information content (AvgIpc) is 2.70. The number of benzene rings is 2. The number of nitrogens with zero attached hydrogens (tertiary/aromatic N) is 3. The highest BCUT2D eigenvalue weighted by Crippen LogP contribution is 2.30. The van der Waals surface area contributed by atoms with Crippen LogP contribution in [-0.2, 0) is 4.74 Å². The first-order chi connectivity index (χ1) is 13.7. The number of para-hydroxylation sites is 3. The van der Waals surface area contributed by atoms with E-state index in [9.17, 15) is 0 Å². The maximum absolute atomic E-state index is 6.25. The molecule has 6 nitrogen and oxygen atoms in total. The van der Waals surface area contributed by atoms with Crippen LogP contribution in [0.1, 0.15) is 5.82 Å². The molecule has 0 radical (unpaired) electrons. The smallest absolute Gasteiger partial charge is 0.136 e. The second-order valence-corrected chi connectivity index (χ2v) is 6.94. The van der Waals surface area contributed by atoms with E-state index in [2.05, 4.69) is 37.6 Å². The van der Waals surface area contributed by atoms with Gasteiger partial charge in [-0.3, -0.25) is 0 Å². The van der Waals surface area contributed by atoms with Gasteiger partial charge in [-0.15, -0.1) is 0 Å². The van der Waals surface area contributed by atoms with E-state index in [-0.39, 0.29) is 0 Å². The number of morpholine rings is 1. The molecule has 0 bridgehead atoms. The van der Waals surface area contributed by atoms with Gasteiger partial charge < -0.3 is 20.3 Å². The van der Waals surface area contributed by atoms with Crippen LogP contribution in [0.25, 0.3) is 0 Å². The number of aryl methyl sites for hydroxylation is 1. The lowest BCUT2D eigenvalue weighted by atomic mass is 10.2. The highest BCUT2D eigenvalue weighted by Gasteiger charge is 2.15. The van der Waals surface area contributed by atoms with E-state index < -0.39 is 0 Å². The van der Waals surface area contributed by atoms with Gasteiger partial charge in [0.2, 0.25) is 0 Å². The summed E-state index contributed by atoms with van der Waals surface area (Å²) in [5, 5.41) is 7.36. The number of ether oxygens (including phenoxy) is 1. The average molecular weight is 396 g/mol. The summed E-state index contributed by atoms with van der Waals surface area (Å²) in [6.45, 7) is 5.11. The van der Waals surface area contributed by atoms with Gasteiger partial charge in [0.05, 0.1) is 35.3 Å². The third-order valence-corrected chi connectivity index (χ3v) is 4.82. The summed E-state index contributed by atoms with van der Waals surface area (Å²) in [4.78, 5) is 11.3. The minimum Gasteiger partial charge on any atom is -0.378 e. The first-order valence-electron chi connectivity index (χ1n) is 9.25. The highest BCUT2D eigenvalue weighted by atomic mass is 35.5. The topological polar surface area (TPSA) is 62.3 Å². The van der Waals surface area contributed by atoms with E-state index in [1.54, 1.807) is 0 Å². The van der Waals surface area contributed by atoms with Gasteiger partial charge >= 0.3 is 0 Å². The molecule has 0 amide bonds. The van der Waals surface area contributed by atoms with E-state index in [0.717, 1.165) is 49.2 Å². The normalized spacial score (nSPS) is 14.0. The van der Waals surface area contributed by atoms with Gasteiger partial charge in [0.1, 0.15) is 17.5 Å². The summed E-state index contributed by atoms with van der Waals surface area (Å²) in [6, 6.07) is 17.7. The molecule has 0 aliphatic carbocycles. The fourth-order valence-electron chi connectivity index (χ4n) is 3.19. The van der Waals surface area contributed by atoms with Crippen LogP contribution in [-0.4, -0.2) is 36.3 Å². The second kappa shape index (κ2) is 8.46. The van der Waals surface area contributed by atoms with Crippen molar-refractivity contribution in [1.82, 2.24) is 9.97 Å². The third-order valence-electron chi connectivity index (χ3n) is 4.49. The van der Waals surface area contributed by atoms with Crippen molar-refractivity contribution >= 4 is 40.3 Å². The summed E-state index contributed by atoms with van der Waals surface area (Å²) < 4.78 is 5.48. The Bertz CT molecular complexity index is 959. The highest BCUT2D eigenvalue weighted by molar-refractivity contribution is 6.33. The minimum absolute atomic E-state index is 0.644. The number of halogens is 1. The van der Waals surface area contributed by atoms with E-state index in [1.807, 2.05) is 49.4 Å². The molecule has 7 heteroatoms. The van der Waals surface area contributed by atoms with Crippen LogP contribution in [0.5, 0.6) is 0 Å². The van der Waals surface area contributed by atoms with Gasteiger partial charge in [-0.05, 0) is 31.2 Å². The molecule has 144 valence electrons. The van der Waals surface area contributed by atoms with Crippen molar-refractivity contribution in [2.24, 2.45) is 0 Å². The van der Waals surface area contributed by atoms with Crippen molar-refractivity contribution in [1.29, 1.82) is 0 Å². The molecule has 0 spiro atoms. The van der Waals surface area contributed by atoms with Gasteiger partial charge in [-0.1, -0.05) is 35.9 Å². The van der Waals surface area contributed by atoms with Crippen LogP contribution in [0.15, 0.2) is 54.6 Å². The number of hydrogen-bond acceptors (Lipinski definition) is 6. The third kappa shape index (κ3) is 4.35. The predicted molar refractivity (Wildman–Crippen MR) is 114 cm³/mol. The molecule has 4 rings (SSSR count). The molecule has 0 atom stereocenters. The zero-order chi connectivity index (χ0) is 19.3. The van der Waals surface area contributed by atoms with E-state index in [0.29, 0.717) is 16.7 Å². The summed E-state index contributed by atoms with van der Waals surface area (Å²) >= 11 is 6.25. The Kier molecular flexibility index (Phi) is 5.60. The Morgan fingerprint density at radius 3 is 2.21 bits per heavy atom. The molecule has 1 aliphatic rings. The van der Waals surface area contributed by atoms with Gasteiger partial charge in [0.15, 0.2) is 0 Å². The lowest BCUT2D eigenvalue weighted by Crippen LogP contribution is -2.36. The Hall–Kier alpha value is -2.83. The van der Waals surface area contributed by atoms with Crippen molar-refractivity contribution in [3.05, 3.63) is 65.4 Å². The molecule has 2 heterocycles. The molecule has 1 fully saturated rings. The summed E-state index contributed by atoms with van der Waals surface area (Å²) in [7, 11) is 0. The molecule has 0 saturated carbocycles. The van der Waals surface area contributed by atoms with Crippen molar-refractivity contribution in [2.75, 3.05) is 41.8 Å². The van der Waals surface area contributed by atoms with Crippen LogP contribution in [0.3, 0.4) is 0 Å². The van der Waals surface area contributed by atoms with Crippen molar-refractivity contribution in [2.45, 2.75) is 6.92 Å². The Morgan fingerprint density at radius 1 is 0.893 bits per heavy atom. The molecule has 3 aromatic rings. The van der Waals surface area contributed by atoms with Crippen LogP contribution >= 0.6 is 11.6 Å². The molecule has 28 heavy (non-hydrogen) atoms. The lowest BCUT2D eigenvalue weighted by Gasteiger charge is -2.30. The minimum atomic E-state index is 0.644. The molecular weight excluding hydrogens is 374 g/mol. The van der Waals surface area contributed by atoms with Gasteiger partial charge in [-0.25, -0.2) is 9.97 Å².